The maximum Gasteiger partial charge on any atom is 0.323 e. The highest BCUT2D eigenvalue weighted by atomic mass is 16.5. The van der Waals surface area contributed by atoms with Gasteiger partial charge in [-0.25, -0.2) is 9.48 Å². The second kappa shape index (κ2) is 7.46. The van der Waals surface area contributed by atoms with Crippen LogP contribution in [0.5, 0.6) is 0 Å². The van der Waals surface area contributed by atoms with Crippen LogP contribution in [0.1, 0.15) is 18.2 Å². The van der Waals surface area contributed by atoms with E-state index in [9.17, 15) is 4.79 Å². The van der Waals surface area contributed by atoms with Crippen molar-refractivity contribution >= 4 is 11.8 Å². The molecule has 9 heteroatoms. The van der Waals surface area contributed by atoms with Crippen molar-refractivity contribution in [1.82, 2.24) is 24.5 Å². The van der Waals surface area contributed by atoms with Gasteiger partial charge in [0.15, 0.2) is 0 Å². The minimum atomic E-state index is -0.164. The number of carbonyl (C=O) groups is 1. The third-order valence-corrected chi connectivity index (χ3v) is 4.95. The average Bonchev–Trinajstić information content (AvgIpc) is 3.39. The molecule has 2 aliphatic rings. The zero-order chi connectivity index (χ0) is 17.9. The molecule has 0 aliphatic carbocycles. The van der Waals surface area contributed by atoms with Crippen molar-refractivity contribution in [3.05, 3.63) is 30.2 Å². The van der Waals surface area contributed by atoms with Crippen molar-refractivity contribution in [2.75, 3.05) is 38.2 Å². The molecule has 4 rings (SSSR count). The van der Waals surface area contributed by atoms with E-state index in [1.54, 1.807) is 22.0 Å². The predicted octanol–water partition coefficient (Wildman–Crippen LogP) is 1.26. The first-order valence-electron chi connectivity index (χ1n) is 8.95. The second-order valence-electron chi connectivity index (χ2n) is 6.74. The quantitative estimate of drug-likeness (QED) is 0.887. The van der Waals surface area contributed by atoms with Gasteiger partial charge in [-0.05, 0) is 12.5 Å². The van der Waals surface area contributed by atoms with Gasteiger partial charge in [0, 0.05) is 44.9 Å². The maximum absolute atomic E-state index is 12.7. The summed E-state index contributed by atoms with van der Waals surface area (Å²) in [5.41, 5.74) is 0.966. The van der Waals surface area contributed by atoms with Crippen LogP contribution in [-0.2, 0) is 23.1 Å². The molecule has 0 saturated carbocycles. The Hall–Kier alpha value is -2.39. The fraction of sp³-hybridized carbons (Fsp3) is 0.588. The zero-order valence-corrected chi connectivity index (χ0v) is 14.9. The molecule has 1 N–H and O–H groups in total. The molecule has 2 saturated heterocycles. The average molecular weight is 360 g/mol. The summed E-state index contributed by atoms with van der Waals surface area (Å²) < 4.78 is 14.9. The second-order valence-corrected chi connectivity index (χ2v) is 6.74. The summed E-state index contributed by atoms with van der Waals surface area (Å²) in [4.78, 5) is 14.5. The number of ether oxygens (including phenoxy) is 2. The molecule has 140 valence electrons. The van der Waals surface area contributed by atoms with Crippen LogP contribution in [0.4, 0.5) is 10.6 Å². The molecule has 0 radical (unpaired) electrons. The third kappa shape index (κ3) is 3.58. The van der Waals surface area contributed by atoms with Crippen molar-refractivity contribution in [1.29, 1.82) is 0 Å². The van der Waals surface area contributed by atoms with E-state index in [0.29, 0.717) is 31.4 Å². The lowest BCUT2D eigenvalue weighted by Crippen LogP contribution is -2.45. The molecule has 4 heterocycles. The largest absolute Gasteiger partial charge is 0.381 e. The Morgan fingerprint density at radius 1 is 1.31 bits per heavy atom. The van der Waals surface area contributed by atoms with E-state index in [1.165, 1.54) is 0 Å². The van der Waals surface area contributed by atoms with Gasteiger partial charge in [-0.15, -0.1) is 0 Å². The van der Waals surface area contributed by atoms with Gasteiger partial charge in [0.25, 0.3) is 0 Å². The summed E-state index contributed by atoms with van der Waals surface area (Å²) in [5, 5.41) is 11.5. The first-order valence-corrected chi connectivity index (χ1v) is 8.95. The van der Waals surface area contributed by atoms with Gasteiger partial charge in [-0.3, -0.25) is 10.00 Å². The Morgan fingerprint density at radius 2 is 2.19 bits per heavy atom. The molecule has 2 aliphatic heterocycles. The molecule has 0 aromatic carbocycles. The molecule has 2 aromatic rings. The number of morpholine rings is 1. The van der Waals surface area contributed by atoms with Gasteiger partial charge in [0.1, 0.15) is 11.9 Å². The Bertz CT molecular complexity index is 751. The van der Waals surface area contributed by atoms with Gasteiger partial charge < -0.3 is 14.4 Å². The smallest absolute Gasteiger partial charge is 0.323 e. The SMILES string of the molecule is Cn1nccc1C1CN(C(=O)Nc2ccnn2CC2CCOC2)CCO1. The minimum Gasteiger partial charge on any atom is -0.381 e. The summed E-state index contributed by atoms with van der Waals surface area (Å²) in [6.45, 7) is 3.87. The van der Waals surface area contributed by atoms with Crippen LogP contribution in [0.2, 0.25) is 0 Å². The van der Waals surface area contributed by atoms with E-state index >= 15 is 0 Å². The van der Waals surface area contributed by atoms with E-state index < -0.39 is 0 Å². The van der Waals surface area contributed by atoms with Gasteiger partial charge in [-0.2, -0.15) is 10.2 Å². The van der Waals surface area contributed by atoms with Gasteiger partial charge in [-0.1, -0.05) is 0 Å². The minimum absolute atomic E-state index is 0.134. The molecule has 9 nitrogen and oxygen atoms in total. The first kappa shape index (κ1) is 17.0. The van der Waals surface area contributed by atoms with Crippen LogP contribution in [0.3, 0.4) is 0 Å². The number of amides is 2. The summed E-state index contributed by atoms with van der Waals surface area (Å²) in [6, 6.07) is 3.61. The molecule has 2 amide bonds. The zero-order valence-electron chi connectivity index (χ0n) is 14.9. The highest BCUT2D eigenvalue weighted by Crippen LogP contribution is 2.22. The number of aromatic nitrogens is 4. The highest BCUT2D eigenvalue weighted by Gasteiger charge is 2.28. The molecule has 2 atom stereocenters. The van der Waals surface area contributed by atoms with Crippen molar-refractivity contribution in [3.63, 3.8) is 0 Å². The van der Waals surface area contributed by atoms with Gasteiger partial charge in [0.2, 0.25) is 0 Å². The lowest BCUT2D eigenvalue weighted by Gasteiger charge is -2.33. The topological polar surface area (TPSA) is 86.4 Å². The molecule has 2 unspecified atom stereocenters. The number of nitrogens with zero attached hydrogens (tertiary/aromatic N) is 5. The van der Waals surface area contributed by atoms with Crippen LogP contribution in [-0.4, -0.2) is 63.4 Å². The summed E-state index contributed by atoms with van der Waals surface area (Å²) in [7, 11) is 1.88. The first-order chi connectivity index (χ1) is 12.7. The number of carbonyl (C=O) groups excluding carboxylic acids is 1. The number of hydrogen-bond acceptors (Lipinski definition) is 5. The van der Waals surface area contributed by atoms with Crippen molar-refractivity contribution in [3.8, 4) is 0 Å². The lowest BCUT2D eigenvalue weighted by atomic mass is 10.1. The van der Waals surface area contributed by atoms with Crippen LogP contribution in [0, 0.1) is 5.92 Å². The van der Waals surface area contributed by atoms with E-state index in [2.05, 4.69) is 15.5 Å². The van der Waals surface area contributed by atoms with Crippen molar-refractivity contribution < 1.29 is 14.3 Å². The van der Waals surface area contributed by atoms with Crippen molar-refractivity contribution in [2.45, 2.75) is 19.1 Å². The lowest BCUT2D eigenvalue weighted by molar-refractivity contribution is -0.0175. The van der Waals surface area contributed by atoms with E-state index in [4.69, 9.17) is 9.47 Å². The van der Waals surface area contributed by atoms with E-state index in [0.717, 1.165) is 31.9 Å². The normalized spacial score (nSPS) is 23.3. The van der Waals surface area contributed by atoms with Crippen LogP contribution >= 0.6 is 0 Å². The molecule has 0 bridgehead atoms. The Morgan fingerprint density at radius 3 is 2.96 bits per heavy atom. The standard InChI is InChI=1S/C17H24N6O3/c1-21-14(2-5-18-21)15-11-22(7-9-26-15)17(24)20-16-3-6-19-23(16)10-13-4-8-25-12-13/h2-3,5-6,13,15H,4,7-12H2,1H3,(H,20,24). The highest BCUT2D eigenvalue weighted by molar-refractivity contribution is 5.88. The summed E-state index contributed by atoms with van der Waals surface area (Å²) in [5.74, 6) is 1.16. The predicted molar refractivity (Wildman–Crippen MR) is 93.6 cm³/mol. The fourth-order valence-electron chi connectivity index (χ4n) is 3.46. The number of rotatable bonds is 4. The third-order valence-electron chi connectivity index (χ3n) is 4.95. The number of aryl methyl sites for hydroxylation is 1. The number of hydrogen-bond donors (Lipinski definition) is 1. The monoisotopic (exact) mass is 360 g/mol. The Labute approximate surface area is 151 Å². The van der Waals surface area contributed by atoms with E-state index in [-0.39, 0.29) is 12.1 Å². The Balaban J connectivity index is 1.39. The van der Waals surface area contributed by atoms with Crippen LogP contribution in [0.25, 0.3) is 0 Å². The molecule has 2 aromatic heterocycles. The molecule has 26 heavy (non-hydrogen) atoms. The number of urea groups is 1. The van der Waals surface area contributed by atoms with Crippen LogP contribution < -0.4 is 5.32 Å². The Kier molecular flexibility index (Phi) is 4.89. The number of nitrogens with one attached hydrogen (secondary N) is 1. The number of anilines is 1. The molecular formula is C17H24N6O3. The maximum atomic E-state index is 12.7. The molecular weight excluding hydrogens is 336 g/mol. The molecule has 0 spiro atoms. The van der Waals surface area contributed by atoms with Gasteiger partial charge in [0.05, 0.1) is 31.6 Å². The van der Waals surface area contributed by atoms with E-state index in [1.807, 2.05) is 23.9 Å². The van der Waals surface area contributed by atoms with Crippen molar-refractivity contribution in [2.24, 2.45) is 13.0 Å². The molecule has 2 fully saturated rings. The van der Waals surface area contributed by atoms with Crippen LogP contribution in [0.15, 0.2) is 24.5 Å². The fourth-order valence-corrected chi connectivity index (χ4v) is 3.46. The van der Waals surface area contributed by atoms with Gasteiger partial charge >= 0.3 is 6.03 Å². The summed E-state index contributed by atoms with van der Waals surface area (Å²) >= 11 is 0. The summed E-state index contributed by atoms with van der Waals surface area (Å²) in [6.07, 6.45) is 4.32.